The van der Waals surface area contributed by atoms with Crippen molar-refractivity contribution >= 4 is 11.9 Å². The number of nitrogens with zero attached hydrogens (tertiary/aromatic N) is 1. The zero-order chi connectivity index (χ0) is 15.4. The van der Waals surface area contributed by atoms with Gasteiger partial charge < -0.3 is 20.4 Å². The smallest absolute Gasteiger partial charge is 0.326 e. The first-order valence-electron chi connectivity index (χ1n) is 6.99. The van der Waals surface area contributed by atoms with Crippen molar-refractivity contribution < 1.29 is 19.8 Å². The highest BCUT2D eigenvalue weighted by atomic mass is 16.4. The second-order valence-corrected chi connectivity index (χ2v) is 5.21. The number of likely N-dealkylation sites (N-methyl/N-ethyl adjacent to an activating group) is 1. The summed E-state index contributed by atoms with van der Waals surface area (Å²) in [6.45, 7) is 0.797. The summed E-state index contributed by atoms with van der Waals surface area (Å²) in [5, 5.41) is 21.9. The number of rotatable bonds is 5. The Balaban J connectivity index is 2.25. The second-order valence-electron chi connectivity index (χ2n) is 5.21. The van der Waals surface area contributed by atoms with Crippen LogP contribution in [0.3, 0.4) is 0 Å². The summed E-state index contributed by atoms with van der Waals surface area (Å²) in [4.78, 5) is 25.1. The molecule has 1 amide bonds. The molecule has 6 nitrogen and oxygen atoms in total. The van der Waals surface area contributed by atoms with Gasteiger partial charge in [-0.05, 0) is 31.6 Å². The average Bonchev–Trinajstić information content (AvgIpc) is 2.87. The van der Waals surface area contributed by atoms with Crippen LogP contribution in [0.2, 0.25) is 0 Å². The number of benzene rings is 1. The Morgan fingerprint density at radius 2 is 2.10 bits per heavy atom. The van der Waals surface area contributed by atoms with Gasteiger partial charge in [0.25, 0.3) is 5.91 Å². The molecule has 2 unspecified atom stereocenters. The van der Waals surface area contributed by atoms with E-state index in [9.17, 15) is 19.8 Å². The SMILES string of the molecule is CNCCc1ccccc1C(=O)N1CC(O)CC1C(=O)O. The van der Waals surface area contributed by atoms with Crippen LogP contribution in [0.5, 0.6) is 0 Å². The molecule has 21 heavy (non-hydrogen) atoms. The Bertz CT molecular complexity index is 532. The van der Waals surface area contributed by atoms with E-state index in [1.165, 1.54) is 4.90 Å². The quantitative estimate of drug-likeness (QED) is 0.716. The minimum atomic E-state index is -1.08. The number of carbonyl (C=O) groups excluding carboxylic acids is 1. The van der Waals surface area contributed by atoms with E-state index in [2.05, 4.69) is 5.32 Å². The maximum Gasteiger partial charge on any atom is 0.326 e. The molecular formula is C15H20N2O4. The molecule has 2 atom stereocenters. The minimum absolute atomic E-state index is 0.0656. The summed E-state index contributed by atoms with van der Waals surface area (Å²) in [6, 6.07) is 6.24. The molecule has 1 fully saturated rings. The lowest BCUT2D eigenvalue weighted by molar-refractivity contribution is -0.141. The molecule has 1 aliphatic rings. The summed E-state index contributed by atoms with van der Waals surface area (Å²) >= 11 is 0. The van der Waals surface area contributed by atoms with E-state index in [0.717, 1.165) is 12.1 Å². The van der Waals surface area contributed by atoms with Crippen molar-refractivity contribution in [2.75, 3.05) is 20.1 Å². The number of hydrogen-bond donors (Lipinski definition) is 3. The predicted octanol–water partition coefficient (Wildman–Crippen LogP) is 0.108. The Hall–Kier alpha value is -1.92. The summed E-state index contributed by atoms with van der Waals surface area (Å²) < 4.78 is 0. The number of aliphatic carboxylic acids is 1. The fourth-order valence-corrected chi connectivity index (χ4v) is 2.63. The van der Waals surface area contributed by atoms with Crippen molar-refractivity contribution in [3.8, 4) is 0 Å². The van der Waals surface area contributed by atoms with Crippen LogP contribution in [-0.4, -0.2) is 59.3 Å². The summed E-state index contributed by atoms with van der Waals surface area (Å²) in [7, 11) is 1.84. The van der Waals surface area contributed by atoms with E-state index in [-0.39, 0.29) is 18.9 Å². The van der Waals surface area contributed by atoms with Crippen molar-refractivity contribution in [3.63, 3.8) is 0 Å². The van der Waals surface area contributed by atoms with Crippen LogP contribution in [0.25, 0.3) is 0 Å². The average molecular weight is 292 g/mol. The molecular weight excluding hydrogens is 272 g/mol. The van der Waals surface area contributed by atoms with Crippen molar-refractivity contribution in [3.05, 3.63) is 35.4 Å². The van der Waals surface area contributed by atoms with Crippen LogP contribution in [0.4, 0.5) is 0 Å². The first-order chi connectivity index (χ1) is 10.0. The van der Waals surface area contributed by atoms with Gasteiger partial charge in [-0.1, -0.05) is 18.2 Å². The summed E-state index contributed by atoms with van der Waals surface area (Å²) in [5.41, 5.74) is 1.38. The molecule has 6 heteroatoms. The third-order valence-corrected chi connectivity index (χ3v) is 3.72. The van der Waals surface area contributed by atoms with Gasteiger partial charge in [-0.25, -0.2) is 4.79 Å². The molecule has 1 aromatic carbocycles. The van der Waals surface area contributed by atoms with Crippen LogP contribution >= 0.6 is 0 Å². The summed E-state index contributed by atoms with van der Waals surface area (Å²) in [5.74, 6) is -1.40. The Kier molecular flexibility index (Phi) is 4.93. The number of aliphatic hydroxyl groups is 1. The van der Waals surface area contributed by atoms with Crippen LogP contribution in [0.15, 0.2) is 24.3 Å². The number of amides is 1. The van der Waals surface area contributed by atoms with Gasteiger partial charge in [0.15, 0.2) is 0 Å². The molecule has 1 heterocycles. The van der Waals surface area contributed by atoms with E-state index in [4.69, 9.17) is 0 Å². The highest BCUT2D eigenvalue weighted by Crippen LogP contribution is 2.22. The molecule has 0 radical (unpaired) electrons. The van der Waals surface area contributed by atoms with Crippen molar-refractivity contribution in [1.82, 2.24) is 10.2 Å². The molecule has 0 spiro atoms. The number of hydrogen-bond acceptors (Lipinski definition) is 4. The van der Waals surface area contributed by atoms with Gasteiger partial charge in [0.1, 0.15) is 6.04 Å². The molecule has 0 aromatic heterocycles. The number of carboxylic acid groups (broad SMARTS) is 1. The van der Waals surface area contributed by atoms with Crippen LogP contribution in [-0.2, 0) is 11.2 Å². The Morgan fingerprint density at radius 3 is 2.76 bits per heavy atom. The predicted molar refractivity (Wildman–Crippen MR) is 77.2 cm³/mol. The first kappa shape index (κ1) is 15.5. The van der Waals surface area contributed by atoms with E-state index >= 15 is 0 Å². The molecule has 1 aliphatic heterocycles. The first-order valence-corrected chi connectivity index (χ1v) is 6.99. The third kappa shape index (κ3) is 3.40. The van der Waals surface area contributed by atoms with E-state index in [1.54, 1.807) is 12.1 Å². The van der Waals surface area contributed by atoms with Gasteiger partial charge in [-0.2, -0.15) is 0 Å². The van der Waals surface area contributed by atoms with Crippen molar-refractivity contribution in [2.45, 2.75) is 25.0 Å². The van der Waals surface area contributed by atoms with E-state index < -0.39 is 18.1 Å². The number of carbonyl (C=O) groups is 2. The summed E-state index contributed by atoms with van der Waals surface area (Å²) in [6.07, 6.45) is -0.00808. The zero-order valence-corrected chi connectivity index (χ0v) is 12.0. The number of aliphatic hydroxyl groups excluding tert-OH is 1. The van der Waals surface area contributed by atoms with Gasteiger partial charge in [0, 0.05) is 18.5 Å². The standard InChI is InChI=1S/C15H20N2O4/c1-16-7-6-10-4-2-3-5-12(10)14(19)17-9-11(18)8-13(17)15(20)21/h2-5,11,13,16,18H,6-9H2,1H3,(H,20,21). The monoisotopic (exact) mass is 292 g/mol. The molecule has 1 aromatic rings. The van der Waals surface area contributed by atoms with Gasteiger partial charge in [-0.15, -0.1) is 0 Å². The molecule has 0 bridgehead atoms. The lowest BCUT2D eigenvalue weighted by Gasteiger charge is -2.22. The van der Waals surface area contributed by atoms with Gasteiger partial charge in [0.05, 0.1) is 6.10 Å². The molecule has 0 saturated carbocycles. The third-order valence-electron chi connectivity index (χ3n) is 3.72. The lowest BCUT2D eigenvalue weighted by Crippen LogP contribution is -2.41. The van der Waals surface area contributed by atoms with E-state index in [1.807, 2.05) is 19.2 Å². The van der Waals surface area contributed by atoms with Crippen molar-refractivity contribution in [2.24, 2.45) is 0 Å². The molecule has 3 N–H and O–H groups in total. The minimum Gasteiger partial charge on any atom is -0.480 e. The highest BCUT2D eigenvalue weighted by molar-refractivity contribution is 5.98. The fourth-order valence-electron chi connectivity index (χ4n) is 2.63. The maximum absolute atomic E-state index is 12.6. The van der Waals surface area contributed by atoms with Crippen molar-refractivity contribution in [1.29, 1.82) is 0 Å². The Labute approximate surface area is 123 Å². The molecule has 114 valence electrons. The van der Waals surface area contributed by atoms with Crippen LogP contribution in [0.1, 0.15) is 22.3 Å². The number of carboxylic acids is 1. The van der Waals surface area contributed by atoms with Gasteiger partial charge >= 0.3 is 5.97 Å². The van der Waals surface area contributed by atoms with Gasteiger partial charge in [-0.3, -0.25) is 4.79 Å². The lowest BCUT2D eigenvalue weighted by atomic mass is 10.0. The molecule has 1 saturated heterocycles. The second kappa shape index (κ2) is 6.69. The largest absolute Gasteiger partial charge is 0.480 e. The van der Waals surface area contributed by atoms with E-state index in [0.29, 0.717) is 12.0 Å². The van der Waals surface area contributed by atoms with Gasteiger partial charge in [0.2, 0.25) is 0 Å². The Morgan fingerprint density at radius 1 is 1.38 bits per heavy atom. The highest BCUT2D eigenvalue weighted by Gasteiger charge is 2.39. The zero-order valence-electron chi connectivity index (χ0n) is 12.0. The topological polar surface area (TPSA) is 89.9 Å². The molecule has 2 rings (SSSR count). The number of nitrogens with one attached hydrogen (secondary N) is 1. The van der Waals surface area contributed by atoms with Crippen LogP contribution < -0.4 is 5.32 Å². The maximum atomic E-state index is 12.6. The fraction of sp³-hybridized carbons (Fsp3) is 0.467. The molecule has 0 aliphatic carbocycles. The number of β-amino-alcohol motifs (C(OH)–C–C–N with tert-alkyl or cyclic N) is 1. The normalized spacial score (nSPS) is 21.5. The number of likely N-dealkylation sites (tertiary alicyclic amines) is 1. The van der Waals surface area contributed by atoms with Crippen LogP contribution in [0, 0.1) is 0 Å².